The van der Waals surface area contributed by atoms with Gasteiger partial charge in [0.25, 0.3) is 0 Å². The maximum absolute atomic E-state index is 13.6. The highest BCUT2D eigenvalue weighted by Gasteiger charge is 2.15. The Morgan fingerprint density at radius 3 is 2.00 bits per heavy atom. The van der Waals surface area contributed by atoms with Crippen molar-refractivity contribution in [3.63, 3.8) is 0 Å². The summed E-state index contributed by atoms with van der Waals surface area (Å²) in [5.74, 6) is -0.988. The average molecular weight is 262 g/mol. The van der Waals surface area contributed by atoms with Crippen molar-refractivity contribution in [3.05, 3.63) is 70.8 Å². The first kappa shape index (κ1) is 13.7. The van der Waals surface area contributed by atoms with Crippen LogP contribution in [0.4, 0.5) is 8.78 Å². The predicted octanol–water partition coefficient (Wildman–Crippen LogP) is 4.17. The average Bonchev–Trinajstić information content (AvgIpc) is 2.38. The van der Waals surface area contributed by atoms with Crippen LogP contribution in [0.5, 0.6) is 0 Å². The van der Waals surface area contributed by atoms with Crippen LogP contribution in [0.25, 0.3) is 0 Å². The van der Waals surface area contributed by atoms with Gasteiger partial charge >= 0.3 is 0 Å². The lowest BCUT2D eigenvalue weighted by atomic mass is 9.97. The predicted molar refractivity (Wildman–Crippen MR) is 71.0 cm³/mol. The molecule has 2 rings (SSSR count). The fourth-order valence-electron chi connectivity index (χ4n) is 1.97. The molecule has 0 aliphatic heterocycles. The Kier molecular flexibility index (Phi) is 3.96. The van der Waals surface area contributed by atoms with E-state index in [2.05, 4.69) is 13.8 Å². The van der Waals surface area contributed by atoms with Crippen LogP contribution in [-0.2, 0) is 0 Å². The van der Waals surface area contributed by atoms with E-state index in [0.717, 1.165) is 17.7 Å². The maximum atomic E-state index is 13.6. The monoisotopic (exact) mass is 262 g/mol. The molecule has 0 fully saturated rings. The molecule has 1 unspecified atom stereocenters. The zero-order valence-electron chi connectivity index (χ0n) is 10.9. The number of hydrogen-bond acceptors (Lipinski definition) is 1. The summed E-state index contributed by atoms with van der Waals surface area (Å²) in [6, 6.07) is 10.5. The normalized spacial score (nSPS) is 12.7. The van der Waals surface area contributed by atoms with Crippen LogP contribution >= 0.6 is 0 Å². The highest BCUT2D eigenvalue weighted by Crippen LogP contribution is 2.26. The first-order valence-corrected chi connectivity index (χ1v) is 6.22. The van der Waals surface area contributed by atoms with Gasteiger partial charge in [0.1, 0.15) is 17.7 Å². The molecule has 100 valence electrons. The fraction of sp³-hybridized carbons (Fsp3) is 0.250. The minimum atomic E-state index is -1.08. The van der Waals surface area contributed by atoms with Crippen molar-refractivity contribution in [1.29, 1.82) is 0 Å². The van der Waals surface area contributed by atoms with E-state index in [0.29, 0.717) is 11.5 Å². The van der Waals surface area contributed by atoms with Crippen LogP contribution in [0, 0.1) is 11.6 Å². The second-order valence-electron chi connectivity index (χ2n) is 4.89. The number of aliphatic hydroxyl groups is 1. The second kappa shape index (κ2) is 5.49. The van der Waals surface area contributed by atoms with E-state index in [-0.39, 0.29) is 5.56 Å². The summed E-state index contributed by atoms with van der Waals surface area (Å²) >= 11 is 0. The zero-order chi connectivity index (χ0) is 14.0. The molecule has 0 aliphatic rings. The smallest absolute Gasteiger partial charge is 0.132 e. The molecule has 19 heavy (non-hydrogen) atoms. The molecule has 0 radical (unpaired) electrons. The van der Waals surface area contributed by atoms with Crippen molar-refractivity contribution < 1.29 is 13.9 Å². The number of hydrogen-bond donors (Lipinski definition) is 1. The Morgan fingerprint density at radius 1 is 0.895 bits per heavy atom. The van der Waals surface area contributed by atoms with Crippen LogP contribution in [-0.4, -0.2) is 5.11 Å². The van der Waals surface area contributed by atoms with Gasteiger partial charge < -0.3 is 5.11 Å². The van der Waals surface area contributed by atoms with Gasteiger partial charge in [0.2, 0.25) is 0 Å². The third kappa shape index (κ3) is 2.99. The highest BCUT2D eigenvalue weighted by atomic mass is 19.1. The van der Waals surface area contributed by atoms with Gasteiger partial charge in [-0.3, -0.25) is 0 Å². The van der Waals surface area contributed by atoms with E-state index in [1.807, 2.05) is 12.1 Å². The van der Waals surface area contributed by atoms with Crippen molar-refractivity contribution in [2.24, 2.45) is 0 Å². The van der Waals surface area contributed by atoms with Crippen LogP contribution in [0.3, 0.4) is 0 Å². The Balaban J connectivity index is 2.30. The van der Waals surface area contributed by atoms with E-state index in [9.17, 15) is 13.9 Å². The van der Waals surface area contributed by atoms with Crippen LogP contribution in [0.1, 0.15) is 42.6 Å². The second-order valence-corrected chi connectivity index (χ2v) is 4.89. The largest absolute Gasteiger partial charge is 0.384 e. The van der Waals surface area contributed by atoms with Gasteiger partial charge in [-0.15, -0.1) is 0 Å². The molecule has 2 aromatic carbocycles. The molecule has 0 aliphatic carbocycles. The van der Waals surface area contributed by atoms with Gasteiger partial charge in [-0.2, -0.15) is 0 Å². The summed E-state index contributed by atoms with van der Waals surface area (Å²) in [4.78, 5) is 0. The molecule has 0 amide bonds. The third-order valence-electron chi connectivity index (χ3n) is 3.18. The van der Waals surface area contributed by atoms with Crippen LogP contribution < -0.4 is 0 Å². The molecule has 0 saturated heterocycles. The summed E-state index contributed by atoms with van der Waals surface area (Å²) in [5.41, 5.74) is 1.82. The Morgan fingerprint density at radius 2 is 1.47 bits per heavy atom. The fourth-order valence-corrected chi connectivity index (χ4v) is 1.97. The number of benzene rings is 2. The van der Waals surface area contributed by atoms with Crippen molar-refractivity contribution in [1.82, 2.24) is 0 Å². The first-order valence-electron chi connectivity index (χ1n) is 6.22. The summed E-state index contributed by atoms with van der Waals surface area (Å²) < 4.78 is 26.4. The molecular formula is C16H16F2O. The van der Waals surface area contributed by atoms with E-state index >= 15 is 0 Å². The van der Waals surface area contributed by atoms with Crippen LogP contribution in [0.2, 0.25) is 0 Å². The quantitative estimate of drug-likeness (QED) is 0.880. The molecule has 0 spiro atoms. The number of aliphatic hydroxyl groups excluding tert-OH is 1. The minimum Gasteiger partial charge on any atom is -0.384 e. The van der Waals surface area contributed by atoms with E-state index < -0.39 is 17.7 Å². The highest BCUT2D eigenvalue weighted by molar-refractivity contribution is 5.33. The van der Waals surface area contributed by atoms with Gasteiger partial charge in [0, 0.05) is 11.6 Å². The molecule has 1 nitrogen and oxygen atoms in total. The molecule has 0 saturated carbocycles. The van der Waals surface area contributed by atoms with E-state index in [1.54, 1.807) is 12.1 Å². The molecule has 2 aromatic rings. The molecule has 3 heteroatoms. The summed E-state index contributed by atoms with van der Waals surface area (Å²) in [6.07, 6.45) is -1.08. The zero-order valence-corrected chi connectivity index (χ0v) is 10.9. The lowest BCUT2D eigenvalue weighted by molar-refractivity contribution is 0.214. The summed E-state index contributed by atoms with van der Waals surface area (Å²) in [5, 5.41) is 10.1. The van der Waals surface area contributed by atoms with Gasteiger partial charge in [-0.05, 0) is 23.1 Å². The topological polar surface area (TPSA) is 20.2 Å². The lowest BCUT2D eigenvalue weighted by Gasteiger charge is -2.14. The molecule has 0 heterocycles. The number of halogens is 2. The van der Waals surface area contributed by atoms with Crippen molar-refractivity contribution in [2.45, 2.75) is 25.9 Å². The number of rotatable bonds is 3. The summed E-state index contributed by atoms with van der Waals surface area (Å²) in [6.45, 7) is 4.15. The van der Waals surface area contributed by atoms with E-state index in [4.69, 9.17) is 0 Å². The Labute approximate surface area is 111 Å². The van der Waals surface area contributed by atoms with Gasteiger partial charge in [0.05, 0.1) is 0 Å². The van der Waals surface area contributed by atoms with Gasteiger partial charge in [-0.1, -0.05) is 44.2 Å². The molecule has 0 aromatic heterocycles. The van der Waals surface area contributed by atoms with Gasteiger partial charge in [0.15, 0.2) is 0 Å². The lowest BCUT2D eigenvalue weighted by Crippen LogP contribution is -2.03. The van der Waals surface area contributed by atoms with Crippen LogP contribution in [0.15, 0.2) is 42.5 Å². The molecule has 0 bridgehead atoms. The third-order valence-corrected chi connectivity index (χ3v) is 3.18. The minimum absolute atomic E-state index is 0.0821. The standard InChI is InChI=1S/C16H16F2O/c1-10(2)11-3-5-12(6-4-11)16(19)14-8-7-13(17)9-15(14)18/h3-10,16,19H,1-2H3. The summed E-state index contributed by atoms with van der Waals surface area (Å²) in [7, 11) is 0. The molecule has 1 atom stereocenters. The molecule has 1 N–H and O–H groups in total. The van der Waals surface area contributed by atoms with Gasteiger partial charge in [-0.25, -0.2) is 8.78 Å². The van der Waals surface area contributed by atoms with Crippen molar-refractivity contribution in [2.75, 3.05) is 0 Å². The van der Waals surface area contributed by atoms with E-state index in [1.165, 1.54) is 6.07 Å². The van der Waals surface area contributed by atoms with Crippen molar-refractivity contribution >= 4 is 0 Å². The Bertz CT molecular complexity index is 561. The molecular weight excluding hydrogens is 246 g/mol. The Hall–Kier alpha value is -1.74. The van der Waals surface area contributed by atoms with Crippen molar-refractivity contribution in [3.8, 4) is 0 Å². The SMILES string of the molecule is CC(C)c1ccc(C(O)c2ccc(F)cc2F)cc1. The first-order chi connectivity index (χ1) is 8.99. The maximum Gasteiger partial charge on any atom is 0.132 e.